The van der Waals surface area contributed by atoms with Gasteiger partial charge in [-0.3, -0.25) is 0 Å². The largest absolute Gasteiger partial charge is 0.268 e. The molecule has 0 bridgehead atoms. The highest BCUT2D eigenvalue weighted by atomic mass is 27.2. The van der Waals surface area contributed by atoms with Crippen molar-refractivity contribution in [1.29, 1.82) is 0 Å². The molecule has 0 heterocycles. The molecule has 0 unspecified atom stereocenters. The van der Waals surface area contributed by atoms with Gasteiger partial charge in [0.25, 0.3) is 28.3 Å². The molecule has 2 heteroatoms. The van der Waals surface area contributed by atoms with Crippen molar-refractivity contribution in [2.75, 3.05) is 0 Å². The van der Waals surface area contributed by atoms with Gasteiger partial charge in [0, 0.05) is 0 Å². The molecule has 4 fully saturated rings. The van der Waals surface area contributed by atoms with Gasteiger partial charge in [-0.2, -0.15) is 0 Å². The molecule has 0 spiro atoms. The second-order valence-corrected chi connectivity index (χ2v) is 19.8. The van der Waals surface area contributed by atoms with E-state index in [4.69, 9.17) is 0 Å². The second kappa shape index (κ2) is 13.7. The summed E-state index contributed by atoms with van der Waals surface area (Å²) in [7, 11) is 0. The van der Waals surface area contributed by atoms with E-state index in [2.05, 4.69) is 0 Å². The van der Waals surface area contributed by atoms with Gasteiger partial charge in [0.1, 0.15) is 0 Å². The molecule has 0 aromatic carbocycles. The number of unbranched alkanes of at least 4 members (excludes halogenated alkanes) is 1. The number of hydrogen-bond acceptors (Lipinski definition) is 0. The summed E-state index contributed by atoms with van der Waals surface area (Å²) in [5, 5.41) is 3.51. The normalized spacial score (nSPS) is 26.0. The minimum atomic E-state index is -0.512. The molecule has 170 valence electrons. The minimum Gasteiger partial charge on any atom is -0.0936 e. The maximum atomic E-state index is 1.76. The van der Waals surface area contributed by atoms with Gasteiger partial charge in [-0.1, -0.05) is 171 Å². The molecule has 30 heavy (non-hydrogen) atoms. The lowest BCUT2D eigenvalue weighted by atomic mass is 9.99. The Kier molecular flexibility index (Phi) is 11.0. The van der Waals surface area contributed by atoms with Crippen LogP contribution in [0, 0.1) is 0 Å². The minimum absolute atomic E-state index is 0.512. The Morgan fingerprint density at radius 3 is 0.800 bits per heavy atom. The summed E-state index contributed by atoms with van der Waals surface area (Å²) >= 11 is -1.02. The summed E-state index contributed by atoms with van der Waals surface area (Å²) in [6, 6.07) is 0. The highest BCUT2D eigenvalue weighted by Gasteiger charge is 2.38. The van der Waals surface area contributed by atoms with Crippen LogP contribution in [0.1, 0.15) is 141 Å². The monoisotopic (exact) mass is 442 g/mol. The lowest BCUT2D eigenvalue weighted by molar-refractivity contribution is 0.456. The van der Waals surface area contributed by atoms with E-state index in [9.17, 15) is 0 Å². The third-order valence-electron chi connectivity index (χ3n) is 10.3. The highest BCUT2D eigenvalue weighted by Crippen LogP contribution is 2.45. The average molecular weight is 443 g/mol. The Hall–Kier alpha value is 1.06. The van der Waals surface area contributed by atoms with E-state index in [1.807, 2.05) is 0 Å². The number of rotatable bonds is 9. The standard InChI is InChI=1S/4C6H11.C4H8.2Al/c4*1-2-4-6-5-3-1;1-3-4-2;;/h4*1H,2-6H2;1-4H2;;. The zero-order chi connectivity index (χ0) is 20.4. The van der Waals surface area contributed by atoms with Gasteiger partial charge in [-0.15, -0.1) is 0 Å². The maximum Gasteiger partial charge on any atom is 0.268 e. The molecule has 0 amide bonds. The van der Waals surface area contributed by atoms with E-state index >= 15 is 0 Å². The summed E-state index contributed by atoms with van der Waals surface area (Å²) in [5.74, 6) is 0. The van der Waals surface area contributed by atoms with Gasteiger partial charge in [-0.25, -0.2) is 0 Å². The first-order valence-electron chi connectivity index (χ1n) is 14.9. The van der Waals surface area contributed by atoms with Gasteiger partial charge in [-0.05, 0) is 0 Å². The smallest absolute Gasteiger partial charge is 0.0936 e. The molecule has 0 aromatic rings. The van der Waals surface area contributed by atoms with Gasteiger partial charge in [0.05, 0.1) is 0 Å². The molecule has 0 radical (unpaired) electrons. The zero-order valence-electron chi connectivity index (χ0n) is 20.4. The fraction of sp³-hybridized carbons (Fsp3) is 1.00. The van der Waals surface area contributed by atoms with E-state index < -0.39 is 28.3 Å². The van der Waals surface area contributed by atoms with E-state index in [-0.39, 0.29) is 0 Å². The lowest BCUT2D eigenvalue weighted by Crippen LogP contribution is -2.31. The molecule has 0 N–H and O–H groups in total. The van der Waals surface area contributed by atoms with Crippen molar-refractivity contribution in [2.45, 2.75) is 171 Å². The van der Waals surface area contributed by atoms with Crippen LogP contribution in [-0.2, 0) is 0 Å². The molecular weight excluding hydrogens is 390 g/mol. The van der Waals surface area contributed by atoms with Gasteiger partial charge in [0.2, 0.25) is 0 Å². The van der Waals surface area contributed by atoms with Crippen LogP contribution in [0.25, 0.3) is 0 Å². The summed E-state index contributed by atoms with van der Waals surface area (Å²) in [6.45, 7) is 0. The summed E-state index contributed by atoms with van der Waals surface area (Å²) < 4.78 is 5.02. The van der Waals surface area contributed by atoms with Crippen molar-refractivity contribution >= 4 is 28.3 Å². The third kappa shape index (κ3) is 7.28. The van der Waals surface area contributed by atoms with Crippen LogP contribution >= 0.6 is 0 Å². The summed E-state index contributed by atoms with van der Waals surface area (Å²) in [6.07, 6.45) is 35.4. The molecule has 0 atom stereocenters. The Labute approximate surface area is 198 Å². The van der Waals surface area contributed by atoms with Crippen molar-refractivity contribution in [3.8, 4) is 0 Å². The van der Waals surface area contributed by atoms with Crippen LogP contribution in [0.5, 0.6) is 0 Å². The Bertz CT molecular complexity index is 362. The molecule has 4 saturated carbocycles. The van der Waals surface area contributed by atoms with Crippen molar-refractivity contribution in [3.63, 3.8) is 0 Å². The van der Waals surface area contributed by atoms with E-state index in [1.165, 1.54) is 19.1 Å². The van der Waals surface area contributed by atoms with E-state index in [0.29, 0.717) is 0 Å². The van der Waals surface area contributed by atoms with Crippen molar-refractivity contribution in [1.82, 2.24) is 0 Å². The molecule has 4 rings (SSSR count). The van der Waals surface area contributed by atoms with Crippen LogP contribution in [0.3, 0.4) is 0 Å². The first-order chi connectivity index (χ1) is 14.9. The Morgan fingerprint density at radius 2 is 0.567 bits per heavy atom. The van der Waals surface area contributed by atoms with Gasteiger partial charge >= 0.3 is 0 Å². The van der Waals surface area contributed by atoms with Gasteiger partial charge < -0.3 is 0 Å². The topological polar surface area (TPSA) is 0 Å². The SMILES string of the molecule is C1CC[CH]([Al]([CH2]CC[CH2][Al]([CH]2CCCCC2)[CH]2CCCCC2)[CH]2CCCCC2)CC1. The van der Waals surface area contributed by atoms with Crippen LogP contribution in [0.15, 0.2) is 0 Å². The van der Waals surface area contributed by atoms with Crippen LogP contribution in [0.4, 0.5) is 0 Å². The highest BCUT2D eigenvalue weighted by molar-refractivity contribution is 6.63. The Morgan fingerprint density at radius 1 is 0.333 bits per heavy atom. The average Bonchev–Trinajstić information content (AvgIpc) is 2.84. The molecular formula is C28H52Al2. The predicted molar refractivity (Wildman–Crippen MR) is 138 cm³/mol. The lowest BCUT2D eigenvalue weighted by Gasteiger charge is -2.36. The maximum absolute atomic E-state index is 1.76. The van der Waals surface area contributed by atoms with Crippen molar-refractivity contribution in [3.05, 3.63) is 0 Å². The van der Waals surface area contributed by atoms with Gasteiger partial charge in [0.15, 0.2) is 0 Å². The fourth-order valence-electron chi connectivity index (χ4n) is 8.72. The molecule has 4 aliphatic rings. The summed E-state index contributed by atoms with van der Waals surface area (Å²) in [4.78, 5) is 0. The fourth-order valence-corrected chi connectivity index (χ4v) is 19.0. The molecule has 0 aromatic heterocycles. The zero-order valence-corrected chi connectivity index (χ0v) is 22.7. The van der Waals surface area contributed by atoms with E-state index in [0.717, 1.165) is 0 Å². The van der Waals surface area contributed by atoms with Crippen LogP contribution in [-0.4, -0.2) is 28.3 Å². The predicted octanol–water partition coefficient (Wildman–Crippen LogP) is 10.1. The first kappa shape index (κ1) is 24.2. The van der Waals surface area contributed by atoms with Crippen molar-refractivity contribution in [2.24, 2.45) is 0 Å². The van der Waals surface area contributed by atoms with E-state index in [1.54, 1.807) is 152 Å². The molecule has 0 saturated heterocycles. The second-order valence-electron chi connectivity index (χ2n) is 12.2. The van der Waals surface area contributed by atoms with Crippen LogP contribution in [0.2, 0.25) is 29.7 Å². The molecule has 0 aliphatic heterocycles. The first-order valence-corrected chi connectivity index (χ1v) is 19.2. The quantitative estimate of drug-likeness (QED) is 0.246. The molecule has 4 aliphatic carbocycles. The third-order valence-corrected chi connectivity index (χ3v) is 20.0. The number of hydrogen-bond donors (Lipinski definition) is 0. The molecule has 0 nitrogen and oxygen atoms in total. The van der Waals surface area contributed by atoms with Crippen LogP contribution < -0.4 is 0 Å². The Balaban J connectivity index is 1.28. The summed E-state index contributed by atoms with van der Waals surface area (Å²) in [5.41, 5.74) is 0. The van der Waals surface area contributed by atoms with Crippen molar-refractivity contribution < 1.29 is 0 Å².